The zero-order valence-electron chi connectivity index (χ0n) is 9.59. The Hall–Kier alpha value is -1.69. The molecule has 2 aromatic heterocycles. The van der Waals surface area contributed by atoms with E-state index in [1.807, 2.05) is 25.5 Å². The van der Waals surface area contributed by atoms with Gasteiger partial charge >= 0.3 is 0 Å². The van der Waals surface area contributed by atoms with Crippen molar-refractivity contribution in [3.8, 4) is 0 Å². The van der Waals surface area contributed by atoms with E-state index >= 15 is 0 Å². The van der Waals surface area contributed by atoms with E-state index in [2.05, 4.69) is 27.7 Å². The molecule has 6 nitrogen and oxygen atoms in total. The predicted molar refractivity (Wildman–Crippen MR) is 59.7 cm³/mol. The van der Waals surface area contributed by atoms with Crippen molar-refractivity contribution in [2.45, 2.75) is 20.0 Å². The van der Waals surface area contributed by atoms with Crippen molar-refractivity contribution in [2.75, 3.05) is 6.54 Å². The van der Waals surface area contributed by atoms with E-state index in [1.165, 1.54) is 0 Å². The van der Waals surface area contributed by atoms with Crippen molar-refractivity contribution >= 4 is 0 Å². The van der Waals surface area contributed by atoms with E-state index in [4.69, 9.17) is 0 Å². The monoisotopic (exact) mass is 220 g/mol. The van der Waals surface area contributed by atoms with Crippen molar-refractivity contribution in [2.24, 2.45) is 7.05 Å². The second-order valence-electron chi connectivity index (χ2n) is 3.67. The number of hydrogen-bond donors (Lipinski definition) is 1. The summed E-state index contributed by atoms with van der Waals surface area (Å²) in [5.74, 6) is 0. The molecule has 0 fully saturated rings. The van der Waals surface area contributed by atoms with E-state index in [9.17, 15) is 0 Å². The molecule has 2 rings (SSSR count). The molecule has 0 radical (unpaired) electrons. The van der Waals surface area contributed by atoms with Gasteiger partial charge < -0.3 is 5.32 Å². The maximum Gasteiger partial charge on any atom is 0.0964 e. The van der Waals surface area contributed by atoms with Gasteiger partial charge in [-0.15, -0.1) is 5.10 Å². The molecule has 6 heteroatoms. The molecule has 0 aliphatic carbocycles. The molecule has 16 heavy (non-hydrogen) atoms. The molecule has 0 aliphatic rings. The van der Waals surface area contributed by atoms with Crippen LogP contribution in [0.5, 0.6) is 0 Å². The van der Waals surface area contributed by atoms with Crippen LogP contribution in [-0.2, 0) is 20.1 Å². The summed E-state index contributed by atoms with van der Waals surface area (Å²) in [4.78, 5) is 0. The number of aromatic nitrogens is 5. The van der Waals surface area contributed by atoms with Gasteiger partial charge in [0.25, 0.3) is 0 Å². The van der Waals surface area contributed by atoms with Crippen LogP contribution in [0.4, 0.5) is 0 Å². The van der Waals surface area contributed by atoms with E-state index in [0.717, 1.165) is 24.5 Å². The fourth-order valence-corrected chi connectivity index (χ4v) is 1.46. The van der Waals surface area contributed by atoms with Crippen molar-refractivity contribution in [1.29, 1.82) is 0 Å². The van der Waals surface area contributed by atoms with Crippen LogP contribution in [0.2, 0.25) is 0 Å². The highest BCUT2D eigenvalue weighted by molar-refractivity contribution is 5.00. The highest BCUT2D eigenvalue weighted by atomic mass is 15.4. The van der Waals surface area contributed by atoms with Gasteiger partial charge in [0.1, 0.15) is 0 Å². The zero-order chi connectivity index (χ0) is 11.4. The number of hydrogen-bond acceptors (Lipinski definition) is 4. The lowest BCUT2D eigenvalue weighted by Crippen LogP contribution is -2.11. The van der Waals surface area contributed by atoms with Crippen LogP contribution in [0.1, 0.15) is 18.3 Å². The minimum Gasteiger partial charge on any atom is -0.311 e. The van der Waals surface area contributed by atoms with Crippen molar-refractivity contribution in [1.82, 2.24) is 30.1 Å². The SMILES string of the molecule is CCNCc1cn(Cc2ccn(C)n2)nn1. The fraction of sp³-hybridized carbons (Fsp3) is 0.500. The molecule has 0 unspecified atom stereocenters. The van der Waals surface area contributed by atoms with Gasteiger partial charge in [0.05, 0.1) is 24.1 Å². The summed E-state index contributed by atoms with van der Waals surface area (Å²) in [6, 6.07) is 1.98. The molecule has 2 heterocycles. The quantitative estimate of drug-likeness (QED) is 0.780. The molecule has 2 aromatic rings. The molecule has 0 aliphatic heterocycles. The lowest BCUT2D eigenvalue weighted by Gasteiger charge is -1.96. The average Bonchev–Trinajstić information content (AvgIpc) is 2.86. The molecule has 0 amide bonds. The lowest BCUT2D eigenvalue weighted by molar-refractivity contribution is 0.623. The normalized spacial score (nSPS) is 10.9. The van der Waals surface area contributed by atoms with Gasteiger partial charge in [0.15, 0.2) is 0 Å². The van der Waals surface area contributed by atoms with Crippen molar-refractivity contribution < 1.29 is 0 Å². The molecule has 1 N–H and O–H groups in total. The molecule has 0 bridgehead atoms. The molecule has 0 saturated carbocycles. The Bertz CT molecular complexity index is 444. The second-order valence-corrected chi connectivity index (χ2v) is 3.67. The number of aryl methyl sites for hydroxylation is 1. The van der Waals surface area contributed by atoms with E-state index < -0.39 is 0 Å². The average molecular weight is 220 g/mol. The third-order valence-corrected chi connectivity index (χ3v) is 2.24. The third-order valence-electron chi connectivity index (χ3n) is 2.24. The maximum atomic E-state index is 4.29. The fourth-order valence-electron chi connectivity index (χ4n) is 1.46. The van der Waals surface area contributed by atoms with Crippen molar-refractivity contribution in [3.05, 3.63) is 29.8 Å². The van der Waals surface area contributed by atoms with Crippen LogP contribution in [0.15, 0.2) is 18.5 Å². The van der Waals surface area contributed by atoms with E-state index in [1.54, 1.807) is 9.36 Å². The molecule has 0 atom stereocenters. The van der Waals surface area contributed by atoms with Crippen LogP contribution in [0, 0.1) is 0 Å². The first-order valence-corrected chi connectivity index (χ1v) is 5.36. The first kappa shape index (κ1) is 10.8. The topological polar surface area (TPSA) is 60.6 Å². The highest BCUT2D eigenvalue weighted by Crippen LogP contribution is 1.99. The zero-order valence-corrected chi connectivity index (χ0v) is 9.59. The van der Waals surface area contributed by atoms with Crippen LogP contribution >= 0.6 is 0 Å². The highest BCUT2D eigenvalue weighted by Gasteiger charge is 2.02. The molecule has 0 saturated heterocycles. The molecule has 0 aromatic carbocycles. The predicted octanol–water partition coefficient (Wildman–Crippen LogP) is 0.169. The minimum atomic E-state index is 0.667. The summed E-state index contributed by atoms with van der Waals surface area (Å²) in [5.41, 5.74) is 1.94. The van der Waals surface area contributed by atoms with Crippen molar-refractivity contribution in [3.63, 3.8) is 0 Å². The Morgan fingerprint density at radius 3 is 2.94 bits per heavy atom. The third kappa shape index (κ3) is 2.66. The summed E-state index contributed by atoms with van der Waals surface area (Å²) in [6.45, 7) is 4.43. The Kier molecular flexibility index (Phi) is 3.31. The summed E-state index contributed by atoms with van der Waals surface area (Å²) in [6.07, 6.45) is 3.86. The summed E-state index contributed by atoms with van der Waals surface area (Å²) in [5, 5.41) is 15.6. The van der Waals surface area contributed by atoms with Gasteiger partial charge in [-0.2, -0.15) is 5.10 Å². The smallest absolute Gasteiger partial charge is 0.0964 e. The number of nitrogens with one attached hydrogen (secondary N) is 1. The maximum absolute atomic E-state index is 4.29. The van der Waals surface area contributed by atoms with Gasteiger partial charge in [-0.05, 0) is 12.6 Å². The first-order chi connectivity index (χ1) is 7.78. The van der Waals surface area contributed by atoms with Crippen LogP contribution in [0.3, 0.4) is 0 Å². The summed E-state index contributed by atoms with van der Waals surface area (Å²) in [7, 11) is 1.90. The Balaban J connectivity index is 1.97. The van der Waals surface area contributed by atoms with Crippen LogP contribution in [-0.4, -0.2) is 31.3 Å². The number of nitrogens with zero attached hydrogens (tertiary/aromatic N) is 5. The van der Waals surface area contributed by atoms with Gasteiger partial charge in [0.2, 0.25) is 0 Å². The molecule has 0 spiro atoms. The second kappa shape index (κ2) is 4.89. The molecular weight excluding hydrogens is 204 g/mol. The Morgan fingerprint density at radius 2 is 2.25 bits per heavy atom. The van der Waals surface area contributed by atoms with Crippen LogP contribution in [0.25, 0.3) is 0 Å². The lowest BCUT2D eigenvalue weighted by atomic mass is 10.4. The van der Waals surface area contributed by atoms with E-state index in [-0.39, 0.29) is 0 Å². The van der Waals surface area contributed by atoms with Gasteiger partial charge in [-0.25, -0.2) is 4.68 Å². The largest absolute Gasteiger partial charge is 0.311 e. The molecule has 86 valence electrons. The summed E-state index contributed by atoms with van der Waals surface area (Å²) < 4.78 is 3.58. The van der Waals surface area contributed by atoms with E-state index in [0.29, 0.717) is 6.54 Å². The van der Waals surface area contributed by atoms with Gasteiger partial charge in [-0.1, -0.05) is 12.1 Å². The first-order valence-electron chi connectivity index (χ1n) is 5.36. The Labute approximate surface area is 94.3 Å². The molecular formula is C10H16N6. The number of rotatable bonds is 5. The van der Waals surface area contributed by atoms with Crippen LogP contribution < -0.4 is 5.32 Å². The van der Waals surface area contributed by atoms with Gasteiger partial charge in [-0.3, -0.25) is 4.68 Å². The van der Waals surface area contributed by atoms with Gasteiger partial charge in [0, 0.05) is 19.8 Å². The standard InChI is InChI=1S/C10H16N6/c1-3-11-6-10-8-16(14-12-10)7-9-4-5-15(2)13-9/h4-5,8,11H,3,6-7H2,1-2H3. The minimum absolute atomic E-state index is 0.667. The summed E-state index contributed by atoms with van der Waals surface area (Å²) >= 11 is 0. The Morgan fingerprint density at radius 1 is 1.38 bits per heavy atom.